The average Bonchev–Trinajstić information content (AvgIpc) is 1.79. The van der Waals surface area contributed by atoms with Crippen LogP contribution in [-0.2, 0) is 9.53 Å². The van der Waals surface area contributed by atoms with Crippen molar-refractivity contribution in [2.24, 2.45) is 5.41 Å². The van der Waals surface area contributed by atoms with E-state index in [1.165, 1.54) is 0 Å². The number of rotatable bonds is 3. The Balaban J connectivity index is 2.16. The molecule has 1 aliphatic heterocycles. The van der Waals surface area contributed by atoms with E-state index < -0.39 is 0 Å². The molecule has 1 radical (unpaired) electrons. The van der Waals surface area contributed by atoms with Crippen molar-refractivity contribution >= 4 is 6.29 Å². The molecule has 0 amide bonds. The third-order valence-corrected chi connectivity index (χ3v) is 1.61. The monoisotopic (exact) mass is 127 g/mol. The third-order valence-electron chi connectivity index (χ3n) is 1.61. The van der Waals surface area contributed by atoms with Gasteiger partial charge in [-0.15, -0.1) is 0 Å². The lowest BCUT2D eigenvalue weighted by atomic mass is 9.84. The molecule has 0 saturated carbocycles. The number of hydrogen-bond acceptors (Lipinski definition) is 2. The van der Waals surface area contributed by atoms with E-state index in [1.54, 1.807) is 6.42 Å². The Morgan fingerprint density at radius 2 is 2.33 bits per heavy atom. The lowest BCUT2D eigenvalue weighted by Crippen LogP contribution is -2.39. The summed E-state index contributed by atoms with van der Waals surface area (Å²) in [6.45, 7) is 3.73. The van der Waals surface area contributed by atoms with E-state index in [0.717, 1.165) is 25.9 Å². The van der Waals surface area contributed by atoms with Crippen molar-refractivity contribution in [1.82, 2.24) is 0 Å². The van der Waals surface area contributed by atoms with Gasteiger partial charge in [-0.2, -0.15) is 0 Å². The van der Waals surface area contributed by atoms with Crippen LogP contribution in [-0.4, -0.2) is 19.5 Å². The van der Waals surface area contributed by atoms with Crippen molar-refractivity contribution in [2.45, 2.75) is 13.3 Å². The second-order valence-electron chi connectivity index (χ2n) is 2.88. The Morgan fingerprint density at radius 1 is 1.67 bits per heavy atom. The molecular formula is C7H11O2. The molecule has 0 N–H and O–H groups in total. The summed E-state index contributed by atoms with van der Waals surface area (Å²) in [5.74, 6) is 0. The van der Waals surface area contributed by atoms with Gasteiger partial charge in [0.2, 0.25) is 0 Å². The zero-order valence-corrected chi connectivity index (χ0v) is 5.59. The minimum absolute atomic E-state index is 0.265. The van der Waals surface area contributed by atoms with Crippen LogP contribution in [0, 0.1) is 11.8 Å². The highest BCUT2D eigenvalue weighted by Crippen LogP contribution is 2.30. The molecule has 1 fully saturated rings. The molecule has 0 aromatic rings. The molecule has 0 bridgehead atoms. The third kappa shape index (κ3) is 1.52. The van der Waals surface area contributed by atoms with E-state index in [1.807, 2.05) is 0 Å². The fraction of sp³-hybridized carbons (Fsp3) is 0.714. The molecule has 51 valence electrons. The molecule has 0 aliphatic carbocycles. The second kappa shape index (κ2) is 2.48. The van der Waals surface area contributed by atoms with Crippen LogP contribution in [0.15, 0.2) is 0 Å². The standard InChI is InChI=1S/C7H11O2/c1-7(3-2-4-8)5-9-6-7/h2,4H,3,5-6H2,1H3. The highest BCUT2D eigenvalue weighted by Gasteiger charge is 2.32. The van der Waals surface area contributed by atoms with Crippen molar-refractivity contribution in [3.05, 3.63) is 6.42 Å². The molecule has 9 heavy (non-hydrogen) atoms. The first-order valence-corrected chi connectivity index (χ1v) is 3.12. The molecule has 0 atom stereocenters. The number of carbonyl (C=O) groups is 1. The highest BCUT2D eigenvalue weighted by molar-refractivity contribution is 5.60. The maximum Gasteiger partial charge on any atom is 0.123 e. The number of aldehydes is 1. The summed E-state index contributed by atoms with van der Waals surface area (Å²) < 4.78 is 5.00. The normalized spacial score (nSPS) is 22.8. The van der Waals surface area contributed by atoms with Crippen molar-refractivity contribution in [3.8, 4) is 0 Å². The van der Waals surface area contributed by atoms with Gasteiger partial charge in [0, 0.05) is 11.8 Å². The summed E-state index contributed by atoms with van der Waals surface area (Å²) in [6, 6.07) is 0. The van der Waals surface area contributed by atoms with Gasteiger partial charge in [-0.3, -0.25) is 0 Å². The van der Waals surface area contributed by atoms with Gasteiger partial charge >= 0.3 is 0 Å². The Bertz CT molecular complexity index is 105. The average molecular weight is 127 g/mol. The number of hydrogen-bond donors (Lipinski definition) is 0. The smallest absolute Gasteiger partial charge is 0.123 e. The molecule has 0 spiro atoms. The Kier molecular flexibility index (Phi) is 1.86. The van der Waals surface area contributed by atoms with Crippen LogP contribution in [0.2, 0.25) is 0 Å². The molecule has 1 rings (SSSR count). The topological polar surface area (TPSA) is 26.3 Å². The van der Waals surface area contributed by atoms with Crippen LogP contribution < -0.4 is 0 Å². The molecule has 0 aromatic carbocycles. The van der Waals surface area contributed by atoms with E-state index in [0.29, 0.717) is 0 Å². The van der Waals surface area contributed by atoms with Crippen molar-refractivity contribution in [2.75, 3.05) is 13.2 Å². The number of ether oxygens (including phenoxy) is 1. The van der Waals surface area contributed by atoms with Gasteiger partial charge in [0.15, 0.2) is 0 Å². The largest absolute Gasteiger partial charge is 0.380 e. The van der Waals surface area contributed by atoms with Gasteiger partial charge < -0.3 is 9.53 Å². The maximum atomic E-state index is 9.90. The van der Waals surface area contributed by atoms with E-state index in [4.69, 9.17) is 4.74 Å². The first kappa shape index (κ1) is 6.75. The lowest BCUT2D eigenvalue weighted by Gasteiger charge is -2.37. The highest BCUT2D eigenvalue weighted by atomic mass is 16.5. The Hall–Kier alpha value is -0.370. The zero-order valence-electron chi connectivity index (χ0n) is 5.59. The first-order chi connectivity index (χ1) is 4.27. The van der Waals surface area contributed by atoms with E-state index in [9.17, 15) is 4.79 Å². The van der Waals surface area contributed by atoms with Crippen LogP contribution in [0.5, 0.6) is 0 Å². The second-order valence-corrected chi connectivity index (χ2v) is 2.88. The van der Waals surface area contributed by atoms with E-state index >= 15 is 0 Å². The summed E-state index contributed by atoms with van der Waals surface area (Å²) in [5.41, 5.74) is 0.265. The van der Waals surface area contributed by atoms with Crippen LogP contribution in [0.25, 0.3) is 0 Å². The van der Waals surface area contributed by atoms with Gasteiger partial charge in [0.1, 0.15) is 6.29 Å². The summed E-state index contributed by atoms with van der Waals surface area (Å²) in [7, 11) is 0. The van der Waals surface area contributed by atoms with Crippen molar-refractivity contribution in [1.29, 1.82) is 0 Å². The van der Waals surface area contributed by atoms with Crippen LogP contribution >= 0.6 is 0 Å². The first-order valence-electron chi connectivity index (χ1n) is 3.12. The quantitative estimate of drug-likeness (QED) is 0.524. The molecule has 2 heteroatoms. The Morgan fingerprint density at radius 3 is 2.67 bits per heavy atom. The van der Waals surface area contributed by atoms with E-state index in [2.05, 4.69) is 6.92 Å². The summed E-state index contributed by atoms with van der Waals surface area (Å²) in [4.78, 5) is 9.90. The zero-order chi connectivity index (χ0) is 6.74. The molecule has 0 unspecified atom stereocenters. The van der Waals surface area contributed by atoms with Gasteiger partial charge in [0.25, 0.3) is 0 Å². The van der Waals surface area contributed by atoms with Gasteiger partial charge in [-0.05, 0) is 6.42 Å². The fourth-order valence-electron chi connectivity index (χ4n) is 0.901. The fourth-order valence-corrected chi connectivity index (χ4v) is 0.901. The molecule has 1 saturated heterocycles. The van der Waals surface area contributed by atoms with Crippen LogP contribution in [0.1, 0.15) is 13.3 Å². The van der Waals surface area contributed by atoms with E-state index in [-0.39, 0.29) is 5.41 Å². The predicted molar refractivity (Wildman–Crippen MR) is 33.9 cm³/mol. The van der Waals surface area contributed by atoms with Crippen LogP contribution in [0.3, 0.4) is 0 Å². The SMILES string of the molecule is CC1(C[CH]C=O)COC1. The van der Waals surface area contributed by atoms with Crippen LogP contribution in [0.4, 0.5) is 0 Å². The van der Waals surface area contributed by atoms with Gasteiger partial charge in [-0.1, -0.05) is 6.92 Å². The number of carbonyl (C=O) groups excluding carboxylic acids is 1. The summed E-state index contributed by atoms with van der Waals surface area (Å²) >= 11 is 0. The minimum Gasteiger partial charge on any atom is -0.380 e. The van der Waals surface area contributed by atoms with Gasteiger partial charge in [0.05, 0.1) is 13.2 Å². The predicted octanol–water partition coefficient (Wildman–Crippen LogP) is 0.816. The Labute approximate surface area is 55.2 Å². The van der Waals surface area contributed by atoms with Gasteiger partial charge in [-0.25, -0.2) is 0 Å². The summed E-state index contributed by atoms with van der Waals surface area (Å²) in [5, 5.41) is 0. The molecule has 0 aromatic heterocycles. The molecule has 1 aliphatic rings. The maximum absolute atomic E-state index is 9.90. The lowest BCUT2D eigenvalue weighted by molar-refractivity contribution is -0.111. The molecular weight excluding hydrogens is 116 g/mol. The molecule has 2 nitrogen and oxygen atoms in total. The molecule has 1 heterocycles. The van der Waals surface area contributed by atoms with Crippen molar-refractivity contribution < 1.29 is 9.53 Å². The summed E-state index contributed by atoms with van der Waals surface area (Å²) in [6.07, 6.45) is 3.36. The minimum atomic E-state index is 0.265. The van der Waals surface area contributed by atoms with Crippen molar-refractivity contribution in [3.63, 3.8) is 0 Å².